The van der Waals surface area contributed by atoms with Gasteiger partial charge in [0.15, 0.2) is 0 Å². The van der Waals surface area contributed by atoms with Crippen LogP contribution in [0.2, 0.25) is 0 Å². The van der Waals surface area contributed by atoms with Gasteiger partial charge in [-0.2, -0.15) is 0 Å². The number of carbonyl (C=O) groups is 1. The maximum absolute atomic E-state index is 11.4. The van der Waals surface area contributed by atoms with Gasteiger partial charge in [-0.05, 0) is 17.7 Å². The Balaban J connectivity index is 2.60. The lowest BCUT2D eigenvalue weighted by Gasteiger charge is -2.17. The van der Waals surface area contributed by atoms with Gasteiger partial charge in [0, 0.05) is 13.5 Å². The molecule has 0 radical (unpaired) electrons. The molecule has 0 aliphatic rings. The maximum atomic E-state index is 11.4. The Morgan fingerprint density at radius 1 is 1.44 bits per heavy atom. The monoisotopic (exact) mass is 225 g/mol. The molecule has 0 fully saturated rings. The summed E-state index contributed by atoms with van der Waals surface area (Å²) in [5.41, 5.74) is 0.767. The number of phenols is 1. The molecule has 1 aromatic rings. The molecule has 5 heteroatoms. The van der Waals surface area contributed by atoms with Crippen molar-refractivity contribution < 1.29 is 19.8 Å². The zero-order chi connectivity index (χ0) is 12.1. The number of aliphatic hydroxyl groups is 1. The smallest absolute Gasteiger partial charge is 0.274 e. The molecule has 1 aromatic carbocycles. The van der Waals surface area contributed by atoms with Gasteiger partial charge in [0.05, 0.1) is 7.11 Å². The standard InChI is InChI=1S/C11H15NO4/c1-12(16-2)11(15)10(14)7-8-3-5-9(13)6-4-8/h3-6,10,13-14H,7H2,1-2H3/t10-/m0/s1. The van der Waals surface area contributed by atoms with Crippen molar-refractivity contribution in [2.75, 3.05) is 14.2 Å². The number of carbonyl (C=O) groups excluding carboxylic acids is 1. The number of hydrogen-bond donors (Lipinski definition) is 2. The highest BCUT2D eigenvalue weighted by atomic mass is 16.7. The highest BCUT2D eigenvalue weighted by Gasteiger charge is 2.19. The Hall–Kier alpha value is -1.59. The summed E-state index contributed by atoms with van der Waals surface area (Å²) in [6.45, 7) is 0. The predicted octanol–water partition coefficient (Wildman–Crippen LogP) is 0.315. The minimum Gasteiger partial charge on any atom is -0.508 e. The highest BCUT2D eigenvalue weighted by Crippen LogP contribution is 2.11. The van der Waals surface area contributed by atoms with Gasteiger partial charge in [-0.1, -0.05) is 12.1 Å². The molecule has 0 bridgehead atoms. The van der Waals surface area contributed by atoms with E-state index in [-0.39, 0.29) is 12.2 Å². The predicted molar refractivity (Wildman–Crippen MR) is 57.6 cm³/mol. The maximum Gasteiger partial charge on any atom is 0.274 e. The number of likely N-dealkylation sites (N-methyl/N-ethyl adjacent to an activating group) is 1. The van der Waals surface area contributed by atoms with Crippen molar-refractivity contribution in [2.24, 2.45) is 0 Å². The van der Waals surface area contributed by atoms with Crippen LogP contribution in [0.5, 0.6) is 5.75 Å². The summed E-state index contributed by atoms with van der Waals surface area (Å²) in [5, 5.41) is 19.7. The van der Waals surface area contributed by atoms with Crippen LogP contribution < -0.4 is 0 Å². The van der Waals surface area contributed by atoms with Crippen LogP contribution in [-0.2, 0) is 16.1 Å². The Morgan fingerprint density at radius 3 is 2.50 bits per heavy atom. The van der Waals surface area contributed by atoms with Crippen molar-refractivity contribution in [3.63, 3.8) is 0 Å². The van der Waals surface area contributed by atoms with Crippen molar-refractivity contribution in [1.82, 2.24) is 5.06 Å². The lowest BCUT2D eigenvalue weighted by molar-refractivity contribution is -0.177. The van der Waals surface area contributed by atoms with Gasteiger partial charge in [0.2, 0.25) is 0 Å². The zero-order valence-corrected chi connectivity index (χ0v) is 9.25. The summed E-state index contributed by atoms with van der Waals surface area (Å²) < 4.78 is 0. The molecule has 1 amide bonds. The van der Waals surface area contributed by atoms with Gasteiger partial charge < -0.3 is 10.2 Å². The molecule has 1 rings (SSSR count). The van der Waals surface area contributed by atoms with E-state index < -0.39 is 12.0 Å². The number of hydrogen-bond acceptors (Lipinski definition) is 4. The normalized spacial score (nSPS) is 12.2. The van der Waals surface area contributed by atoms with E-state index in [1.54, 1.807) is 12.1 Å². The zero-order valence-electron chi connectivity index (χ0n) is 9.25. The topological polar surface area (TPSA) is 70.0 Å². The molecule has 0 saturated carbocycles. The van der Waals surface area contributed by atoms with E-state index in [2.05, 4.69) is 4.84 Å². The van der Waals surface area contributed by atoms with E-state index in [9.17, 15) is 9.90 Å². The summed E-state index contributed by atoms with van der Waals surface area (Å²) >= 11 is 0. The second-order valence-electron chi connectivity index (χ2n) is 3.40. The molecule has 0 unspecified atom stereocenters. The molecule has 0 heterocycles. The fourth-order valence-electron chi connectivity index (χ4n) is 1.24. The van der Waals surface area contributed by atoms with Crippen LogP contribution in [0.15, 0.2) is 24.3 Å². The summed E-state index contributed by atoms with van der Waals surface area (Å²) in [6.07, 6.45) is -0.957. The van der Waals surface area contributed by atoms with Crippen LogP contribution in [0.4, 0.5) is 0 Å². The second-order valence-corrected chi connectivity index (χ2v) is 3.40. The third kappa shape index (κ3) is 3.22. The van der Waals surface area contributed by atoms with Gasteiger partial charge in [-0.25, -0.2) is 5.06 Å². The second kappa shape index (κ2) is 5.48. The fraction of sp³-hybridized carbons (Fsp3) is 0.364. The molecular weight excluding hydrogens is 210 g/mol. The molecule has 1 atom stereocenters. The first-order chi connectivity index (χ1) is 7.54. The number of hydroxylamine groups is 2. The van der Waals surface area contributed by atoms with Crippen LogP contribution in [0.1, 0.15) is 5.56 Å². The minimum absolute atomic E-state index is 0.151. The van der Waals surface area contributed by atoms with Gasteiger partial charge in [-0.3, -0.25) is 9.63 Å². The largest absolute Gasteiger partial charge is 0.508 e. The highest BCUT2D eigenvalue weighted by molar-refractivity contribution is 5.79. The molecule has 0 saturated heterocycles. The summed E-state index contributed by atoms with van der Waals surface area (Å²) in [6, 6.07) is 6.32. The first-order valence-electron chi connectivity index (χ1n) is 4.82. The molecule has 0 aliphatic heterocycles. The fourth-order valence-corrected chi connectivity index (χ4v) is 1.24. The van der Waals surface area contributed by atoms with Gasteiger partial charge in [-0.15, -0.1) is 0 Å². The van der Waals surface area contributed by atoms with Gasteiger partial charge in [0.1, 0.15) is 11.9 Å². The molecule has 88 valence electrons. The summed E-state index contributed by atoms with van der Waals surface area (Å²) in [7, 11) is 2.79. The Labute approximate surface area is 93.8 Å². The third-order valence-corrected chi connectivity index (χ3v) is 2.23. The van der Waals surface area contributed by atoms with Crippen molar-refractivity contribution >= 4 is 5.91 Å². The molecule has 0 aromatic heterocycles. The average Bonchev–Trinajstić information content (AvgIpc) is 2.30. The van der Waals surface area contributed by atoms with Crippen LogP contribution in [0.3, 0.4) is 0 Å². The summed E-state index contributed by atoms with van der Waals surface area (Å²) in [4.78, 5) is 16.1. The Kier molecular flexibility index (Phi) is 4.28. The van der Waals surface area contributed by atoms with E-state index in [0.29, 0.717) is 0 Å². The van der Waals surface area contributed by atoms with Crippen LogP contribution >= 0.6 is 0 Å². The number of aromatic hydroxyl groups is 1. The van der Waals surface area contributed by atoms with Crippen LogP contribution in [-0.4, -0.2) is 41.4 Å². The Morgan fingerprint density at radius 2 is 2.00 bits per heavy atom. The van der Waals surface area contributed by atoms with E-state index in [1.165, 1.54) is 26.3 Å². The van der Waals surface area contributed by atoms with Gasteiger partial charge in [0.25, 0.3) is 5.91 Å². The minimum atomic E-state index is -1.14. The molecule has 0 aliphatic carbocycles. The Bertz CT molecular complexity index is 350. The lowest BCUT2D eigenvalue weighted by Crippen LogP contribution is -2.36. The molecule has 5 nitrogen and oxygen atoms in total. The lowest BCUT2D eigenvalue weighted by atomic mass is 10.1. The van der Waals surface area contributed by atoms with E-state index >= 15 is 0 Å². The molecule has 2 N–H and O–H groups in total. The third-order valence-electron chi connectivity index (χ3n) is 2.23. The van der Waals surface area contributed by atoms with Crippen molar-refractivity contribution in [3.8, 4) is 5.75 Å². The van der Waals surface area contributed by atoms with Crippen molar-refractivity contribution in [1.29, 1.82) is 0 Å². The number of aliphatic hydroxyl groups excluding tert-OH is 1. The van der Waals surface area contributed by atoms with Crippen LogP contribution in [0.25, 0.3) is 0 Å². The molecular formula is C11H15NO4. The number of phenolic OH excluding ortho intramolecular Hbond substituents is 1. The molecule has 16 heavy (non-hydrogen) atoms. The quantitative estimate of drug-likeness (QED) is 0.724. The first-order valence-corrected chi connectivity index (χ1v) is 4.82. The van der Waals surface area contributed by atoms with Crippen LogP contribution in [0, 0.1) is 0 Å². The number of amides is 1. The number of benzene rings is 1. The number of nitrogens with zero attached hydrogens (tertiary/aromatic N) is 1. The SMILES string of the molecule is CON(C)C(=O)[C@@H](O)Cc1ccc(O)cc1. The van der Waals surface area contributed by atoms with E-state index in [1.807, 2.05) is 0 Å². The van der Waals surface area contributed by atoms with E-state index in [0.717, 1.165) is 10.6 Å². The number of rotatable bonds is 4. The molecule has 0 spiro atoms. The van der Waals surface area contributed by atoms with Crippen molar-refractivity contribution in [3.05, 3.63) is 29.8 Å². The van der Waals surface area contributed by atoms with E-state index in [4.69, 9.17) is 5.11 Å². The average molecular weight is 225 g/mol. The van der Waals surface area contributed by atoms with Gasteiger partial charge >= 0.3 is 0 Å². The van der Waals surface area contributed by atoms with Crippen molar-refractivity contribution in [2.45, 2.75) is 12.5 Å². The first kappa shape index (κ1) is 12.5. The summed E-state index contributed by atoms with van der Waals surface area (Å²) in [5.74, 6) is -0.353.